The van der Waals surface area contributed by atoms with Gasteiger partial charge in [0.2, 0.25) is 0 Å². The number of benzene rings is 11. The highest BCUT2D eigenvalue weighted by Gasteiger charge is 2.55. The lowest BCUT2D eigenvalue weighted by molar-refractivity contribution is -0.276. The standard InChI is InChI=1S/C107H120N2O23P2Si/c1-107(2,3)135(4,5)129-78-96-102(118-69-84-47-25-11-26-48-84)105(121-72-87-53-31-14-32-54-87)101(117-68-83-45-23-10-24-46-83)95(132-96)77-128-134(112,124-62-36-60-109)127-76-94-100(116-67-82-43-21-9-22-44-82)104(120-71-86-51-29-13-30-52-86)99(115-66-81-41-19-8-20-42-81)93(131-94)75-126-133(111,123-61-35-59-108)125-74-92-98(114-65-80-39-17-7-18-40-80)103(119-70-85-49-27-12-28-50-85)97(113-64-79-37-15-6-16-38-79)91(130-92)73-122-106(110)90-58-57-88-55-33-34-56-89(88)63-90/h6-34,37-58,63,91-105H,35-36,61-62,64-78H2,1-5H3/t91-,92+,93-,94+,95-,96+,97-,98+,99-,100+,101-,102+,103+,104+,105+,133?,134?/m0/s1. The Bertz CT molecular complexity index is 5530. The first-order valence-electron chi connectivity index (χ1n) is 45.8. The largest absolute Gasteiger partial charge is 0.475 e. The minimum Gasteiger partial charge on any atom is -0.459 e. The smallest absolute Gasteiger partial charge is 0.459 e. The molecule has 3 aliphatic heterocycles. The van der Waals surface area contributed by atoms with Crippen LogP contribution in [0.3, 0.4) is 0 Å². The molecule has 14 rings (SSSR count). The van der Waals surface area contributed by atoms with Crippen LogP contribution in [0.2, 0.25) is 18.1 Å². The van der Waals surface area contributed by atoms with E-state index in [0.717, 1.165) is 60.8 Å². The lowest BCUT2D eigenvalue weighted by atomic mass is 9.94. The Morgan fingerprint density at radius 1 is 0.304 bits per heavy atom. The minimum atomic E-state index is -5.04. The van der Waals surface area contributed by atoms with Gasteiger partial charge in [-0.2, -0.15) is 10.5 Å². The van der Waals surface area contributed by atoms with Gasteiger partial charge in [0.1, 0.15) is 98.2 Å². The maximum absolute atomic E-state index is 16.4. The summed E-state index contributed by atoms with van der Waals surface area (Å²) in [5, 5.41) is 21.9. The van der Waals surface area contributed by atoms with Crippen LogP contribution in [-0.4, -0.2) is 159 Å². The van der Waals surface area contributed by atoms with Crippen molar-refractivity contribution in [3.63, 3.8) is 0 Å². The molecule has 3 fully saturated rings. The summed E-state index contributed by atoms with van der Waals surface area (Å²) < 4.78 is 171. The molecule has 2 unspecified atom stereocenters. The third kappa shape index (κ3) is 30.3. The summed E-state index contributed by atoms with van der Waals surface area (Å²) in [4.78, 5) is 14.5. The van der Waals surface area contributed by atoms with Gasteiger partial charge in [-0.15, -0.1) is 0 Å². The number of fused-ring (bicyclic) bond motifs is 1. The molecule has 0 amide bonds. The van der Waals surface area contributed by atoms with E-state index in [9.17, 15) is 15.3 Å². The number of phosphoric acid groups is 2. The molecule has 710 valence electrons. The van der Waals surface area contributed by atoms with Gasteiger partial charge < -0.3 is 66.0 Å². The summed E-state index contributed by atoms with van der Waals surface area (Å²) in [7, 11) is -12.6. The van der Waals surface area contributed by atoms with Crippen LogP contribution in [-0.2, 0) is 162 Å². The first kappa shape index (κ1) is 101. The van der Waals surface area contributed by atoms with Gasteiger partial charge in [0.05, 0.1) is 136 Å². The minimum absolute atomic E-state index is 0.0153. The number of phosphoric ester groups is 2. The molecule has 25 nitrogen and oxygen atoms in total. The fraction of sp³-hybridized carbons (Fsp3) is 0.374. The van der Waals surface area contributed by atoms with Crippen LogP contribution in [0, 0.1) is 22.7 Å². The molecular weight excluding hydrogens is 1770 g/mol. The number of carbonyl (C=O) groups is 1. The molecule has 3 heterocycles. The van der Waals surface area contributed by atoms with Crippen molar-refractivity contribution in [2.45, 2.75) is 203 Å². The summed E-state index contributed by atoms with van der Waals surface area (Å²) >= 11 is 0. The van der Waals surface area contributed by atoms with E-state index in [0.29, 0.717) is 5.56 Å². The number of rotatable bonds is 51. The van der Waals surface area contributed by atoms with Crippen LogP contribution in [0.5, 0.6) is 0 Å². The molecule has 0 radical (unpaired) electrons. The van der Waals surface area contributed by atoms with Crippen molar-refractivity contribution in [1.82, 2.24) is 0 Å². The molecule has 0 N–H and O–H groups in total. The summed E-state index contributed by atoms with van der Waals surface area (Å²) in [6.07, 6.45) is -17.1. The first-order chi connectivity index (χ1) is 65.8. The Morgan fingerprint density at radius 2 is 0.533 bits per heavy atom. The van der Waals surface area contributed by atoms with E-state index in [2.05, 4.69) is 46.0 Å². The van der Waals surface area contributed by atoms with E-state index < -0.39 is 161 Å². The number of esters is 1. The highest BCUT2D eigenvalue weighted by atomic mass is 31.2. The molecule has 0 aromatic heterocycles. The lowest BCUT2D eigenvalue weighted by Crippen LogP contribution is -2.62. The number of hydrogen-bond donors (Lipinski definition) is 0. The molecule has 135 heavy (non-hydrogen) atoms. The zero-order valence-electron chi connectivity index (χ0n) is 76.8. The van der Waals surface area contributed by atoms with Gasteiger partial charge in [0.15, 0.2) is 8.32 Å². The van der Waals surface area contributed by atoms with Gasteiger partial charge in [-0.25, -0.2) is 13.9 Å². The average molecular weight is 1890 g/mol. The van der Waals surface area contributed by atoms with E-state index in [4.69, 9.17) is 93.1 Å². The SMILES string of the molecule is CC(C)(C)[Si](C)(C)OC[C@H]1O[C@@H](COP(=O)(OCCC#N)OC[C@H]2O[C@@H](COP(=O)(OCCC#N)OC[C@H]3O[C@@H](COC(=O)c4ccc5ccccc5c4)[C@H](OCc4ccccc4)[C@@H](OCc4ccccc4)[C@@H]3OCc3ccccc3)[C@H](OCc3ccccc3)[C@@H](OCc3ccccc3)[C@@H]2OCc2ccccc2)[C@H](OCc2ccccc2)[C@@H](OCc2ccccc2)[C@@H]1OCc1ccccc1. The molecule has 3 saturated heterocycles. The quantitative estimate of drug-likeness (QED) is 0.0148. The van der Waals surface area contributed by atoms with Gasteiger partial charge in [0.25, 0.3) is 0 Å². The molecule has 28 heteroatoms. The maximum atomic E-state index is 16.4. The zero-order chi connectivity index (χ0) is 93.9. The van der Waals surface area contributed by atoms with E-state index in [-0.39, 0.29) is 90.6 Å². The second-order valence-electron chi connectivity index (χ2n) is 34.8. The van der Waals surface area contributed by atoms with Crippen LogP contribution in [0.1, 0.15) is 94.0 Å². The Balaban J connectivity index is 0.815. The molecule has 0 bridgehead atoms. The fourth-order valence-electron chi connectivity index (χ4n) is 15.8. The summed E-state index contributed by atoms with van der Waals surface area (Å²) in [5.74, 6) is -0.634. The van der Waals surface area contributed by atoms with Crippen LogP contribution in [0.4, 0.5) is 0 Å². The molecule has 0 spiro atoms. The predicted octanol–water partition coefficient (Wildman–Crippen LogP) is 20.7. The Kier molecular flexibility index (Phi) is 38.5. The molecule has 0 aliphatic carbocycles. The molecule has 17 atom stereocenters. The van der Waals surface area contributed by atoms with Crippen molar-refractivity contribution < 1.29 is 107 Å². The van der Waals surface area contributed by atoms with Crippen molar-refractivity contribution in [2.75, 3.05) is 52.9 Å². The van der Waals surface area contributed by atoms with Gasteiger partial charge >= 0.3 is 21.6 Å². The molecular formula is C107H120N2O23P2Si. The molecule has 3 aliphatic rings. The van der Waals surface area contributed by atoms with E-state index in [1.165, 1.54) is 0 Å². The van der Waals surface area contributed by atoms with Gasteiger partial charge in [-0.05, 0) is 91.1 Å². The highest BCUT2D eigenvalue weighted by Crippen LogP contribution is 2.54. The number of nitriles is 2. The average Bonchev–Trinajstić information content (AvgIpc) is 0.552. The topological polar surface area (TPSA) is 283 Å². The van der Waals surface area contributed by atoms with Crippen LogP contribution < -0.4 is 0 Å². The van der Waals surface area contributed by atoms with Crippen LogP contribution in [0.25, 0.3) is 10.8 Å². The Morgan fingerprint density at radius 3 is 0.785 bits per heavy atom. The Labute approximate surface area is 792 Å². The second kappa shape index (κ2) is 51.5. The van der Waals surface area contributed by atoms with Crippen molar-refractivity contribution in [2.24, 2.45) is 0 Å². The second-order valence-corrected chi connectivity index (χ2v) is 42.9. The van der Waals surface area contributed by atoms with Crippen molar-refractivity contribution in [3.05, 3.63) is 371 Å². The fourth-order valence-corrected chi connectivity index (χ4v) is 19.2. The van der Waals surface area contributed by atoms with Crippen LogP contribution >= 0.6 is 15.6 Å². The molecule has 0 saturated carbocycles. The van der Waals surface area contributed by atoms with Crippen molar-refractivity contribution >= 4 is 40.7 Å². The third-order valence-corrected chi connectivity index (χ3v) is 31.4. The number of carbonyl (C=O) groups excluding carboxylic acids is 1. The summed E-state index contributed by atoms with van der Waals surface area (Å²) in [5.41, 5.74) is 7.67. The number of ether oxygens (including phenoxy) is 13. The molecule has 11 aromatic rings. The summed E-state index contributed by atoms with van der Waals surface area (Å²) in [6, 6.07) is 103. The van der Waals surface area contributed by atoms with Crippen molar-refractivity contribution in [1.29, 1.82) is 10.5 Å². The van der Waals surface area contributed by atoms with Crippen molar-refractivity contribution in [3.8, 4) is 12.1 Å². The highest BCUT2D eigenvalue weighted by molar-refractivity contribution is 7.48. The number of nitrogens with zero attached hydrogens (tertiary/aromatic N) is 2. The predicted molar refractivity (Wildman–Crippen MR) is 510 cm³/mol. The van der Waals surface area contributed by atoms with E-state index in [1.54, 1.807) is 12.1 Å². The zero-order valence-corrected chi connectivity index (χ0v) is 79.6. The van der Waals surface area contributed by atoms with E-state index >= 15 is 9.13 Å². The van der Waals surface area contributed by atoms with Gasteiger partial charge in [-0.1, -0.05) is 324 Å². The van der Waals surface area contributed by atoms with Gasteiger partial charge in [-0.3, -0.25) is 27.1 Å². The normalized spacial score (nSPS) is 22.9. The lowest BCUT2D eigenvalue weighted by Gasteiger charge is -2.47. The first-order valence-corrected chi connectivity index (χ1v) is 51.6. The Hall–Kier alpha value is -9.95. The monoisotopic (exact) mass is 1890 g/mol. The van der Waals surface area contributed by atoms with Crippen LogP contribution in [0.15, 0.2) is 315 Å². The number of hydrogen-bond acceptors (Lipinski definition) is 25. The van der Waals surface area contributed by atoms with E-state index in [1.807, 2.05) is 303 Å². The molecule has 11 aromatic carbocycles. The third-order valence-electron chi connectivity index (χ3n) is 24.1. The van der Waals surface area contributed by atoms with Gasteiger partial charge in [0, 0.05) is 0 Å². The summed E-state index contributed by atoms with van der Waals surface area (Å²) in [6.45, 7) is 7.67. The maximum Gasteiger partial charge on any atom is 0.475 e.